The van der Waals surface area contributed by atoms with E-state index >= 15 is 0 Å². The third kappa shape index (κ3) is 6.14. The molecule has 1 fully saturated rings. The zero-order valence-corrected chi connectivity index (χ0v) is 15.9. The van der Waals surface area contributed by atoms with Crippen molar-refractivity contribution in [3.05, 3.63) is 42.5 Å². The average molecular weight is 373 g/mol. The van der Waals surface area contributed by atoms with Crippen LogP contribution in [0.2, 0.25) is 0 Å². The average Bonchev–Trinajstić information content (AvgIpc) is 2.64. The van der Waals surface area contributed by atoms with Gasteiger partial charge < -0.3 is 21.5 Å². The van der Waals surface area contributed by atoms with Crippen molar-refractivity contribution in [3.63, 3.8) is 0 Å². The maximum atomic E-state index is 10.4. The van der Waals surface area contributed by atoms with Crippen LogP contribution in [0.3, 0.4) is 0 Å². The number of anilines is 1. The predicted octanol–water partition coefficient (Wildman–Crippen LogP) is 1.03. The molecule has 3 rings (SSSR count). The Labute approximate surface area is 161 Å². The molecular formula is C20H32N6O. The molecule has 8 N–H and O–H groups in total. The fourth-order valence-corrected chi connectivity index (χ4v) is 3.44. The first-order chi connectivity index (χ1) is 13.1. The summed E-state index contributed by atoms with van der Waals surface area (Å²) in [6.07, 6.45) is 2.21. The van der Waals surface area contributed by atoms with Crippen molar-refractivity contribution in [2.75, 3.05) is 18.4 Å². The maximum absolute atomic E-state index is 10.4. The molecule has 4 unspecified atom stereocenters. The van der Waals surface area contributed by atoms with Gasteiger partial charge in [-0.05, 0) is 62.2 Å². The van der Waals surface area contributed by atoms with E-state index in [0.29, 0.717) is 6.04 Å². The van der Waals surface area contributed by atoms with Crippen LogP contribution >= 0.6 is 0 Å². The number of nitrogens with two attached hydrogens (primary N) is 1. The van der Waals surface area contributed by atoms with Gasteiger partial charge in [-0.1, -0.05) is 30.3 Å². The molecule has 1 heterocycles. The minimum atomic E-state index is -0.876. The van der Waals surface area contributed by atoms with Gasteiger partial charge in [0.25, 0.3) is 0 Å². The van der Waals surface area contributed by atoms with Gasteiger partial charge in [0.1, 0.15) is 6.29 Å². The normalized spacial score (nSPS) is 24.0. The highest BCUT2D eigenvalue weighted by molar-refractivity contribution is 5.85. The van der Waals surface area contributed by atoms with E-state index in [9.17, 15) is 5.11 Å². The molecule has 2 aromatic carbocycles. The monoisotopic (exact) mass is 372 g/mol. The summed E-state index contributed by atoms with van der Waals surface area (Å²) in [5.41, 5.74) is 6.41. The third-order valence-corrected chi connectivity index (χ3v) is 4.81. The Kier molecular flexibility index (Phi) is 7.40. The molecule has 7 heteroatoms. The molecule has 2 aromatic rings. The lowest BCUT2D eigenvalue weighted by molar-refractivity contribution is 0.100. The van der Waals surface area contributed by atoms with Crippen molar-refractivity contribution >= 4 is 16.5 Å². The molecule has 1 aliphatic rings. The molecular weight excluding hydrogens is 340 g/mol. The topological polar surface area (TPSA) is 106 Å². The number of benzene rings is 2. The van der Waals surface area contributed by atoms with Gasteiger partial charge in [-0.25, -0.2) is 5.32 Å². The van der Waals surface area contributed by atoms with Crippen LogP contribution in [-0.4, -0.2) is 43.0 Å². The zero-order valence-electron chi connectivity index (χ0n) is 15.9. The minimum absolute atomic E-state index is 0.191. The SMILES string of the molecule is CC1CC(NCCCCN)NC(NC(O)Nc2ccc3ccccc3c2)N1. The molecule has 0 aromatic heterocycles. The lowest BCUT2D eigenvalue weighted by atomic mass is 10.1. The van der Waals surface area contributed by atoms with E-state index in [0.717, 1.165) is 43.4 Å². The summed E-state index contributed by atoms with van der Waals surface area (Å²) in [6, 6.07) is 14.6. The quantitative estimate of drug-likeness (QED) is 0.260. The highest BCUT2D eigenvalue weighted by Gasteiger charge is 2.25. The minimum Gasteiger partial charge on any atom is -0.361 e. The van der Waals surface area contributed by atoms with Crippen molar-refractivity contribution in [1.29, 1.82) is 0 Å². The summed E-state index contributed by atoms with van der Waals surface area (Å²) >= 11 is 0. The van der Waals surface area contributed by atoms with Crippen molar-refractivity contribution in [2.24, 2.45) is 5.73 Å². The first-order valence-electron chi connectivity index (χ1n) is 9.79. The van der Waals surface area contributed by atoms with Crippen molar-refractivity contribution < 1.29 is 5.11 Å². The van der Waals surface area contributed by atoms with Gasteiger partial charge in [0, 0.05) is 11.7 Å². The molecule has 0 radical (unpaired) electrons. The number of hydrogen-bond acceptors (Lipinski definition) is 7. The second-order valence-corrected chi connectivity index (χ2v) is 7.18. The molecule has 1 saturated heterocycles. The number of hydrogen-bond donors (Lipinski definition) is 7. The van der Waals surface area contributed by atoms with Crippen LogP contribution < -0.4 is 32.3 Å². The van der Waals surface area contributed by atoms with E-state index in [1.807, 2.05) is 30.3 Å². The second-order valence-electron chi connectivity index (χ2n) is 7.18. The molecule has 0 aliphatic carbocycles. The summed E-state index contributed by atoms with van der Waals surface area (Å²) in [6.45, 7) is 3.81. The number of rotatable bonds is 9. The van der Waals surface area contributed by atoms with E-state index < -0.39 is 6.35 Å². The van der Waals surface area contributed by atoms with Crippen molar-refractivity contribution in [1.82, 2.24) is 21.3 Å². The van der Waals surface area contributed by atoms with Crippen LogP contribution in [0.25, 0.3) is 10.8 Å². The Hall–Kier alpha value is -1.74. The zero-order chi connectivity index (χ0) is 19.1. The van der Waals surface area contributed by atoms with Crippen molar-refractivity contribution in [3.8, 4) is 0 Å². The van der Waals surface area contributed by atoms with E-state index in [1.165, 1.54) is 5.39 Å². The van der Waals surface area contributed by atoms with Gasteiger partial charge in [0.2, 0.25) is 0 Å². The van der Waals surface area contributed by atoms with E-state index in [1.54, 1.807) is 0 Å². The summed E-state index contributed by atoms with van der Waals surface area (Å²) in [7, 11) is 0. The van der Waals surface area contributed by atoms with Gasteiger partial charge in [-0.2, -0.15) is 0 Å². The van der Waals surface area contributed by atoms with Gasteiger partial charge in [-0.3, -0.25) is 10.6 Å². The van der Waals surface area contributed by atoms with Gasteiger partial charge >= 0.3 is 0 Å². The molecule has 4 atom stereocenters. The fourth-order valence-electron chi connectivity index (χ4n) is 3.44. The lowest BCUT2D eigenvalue weighted by Gasteiger charge is -2.38. The van der Waals surface area contributed by atoms with E-state index in [4.69, 9.17) is 5.73 Å². The molecule has 0 saturated carbocycles. The largest absolute Gasteiger partial charge is 0.361 e. The van der Waals surface area contributed by atoms with Crippen molar-refractivity contribution in [2.45, 2.75) is 51.0 Å². The van der Waals surface area contributed by atoms with Crippen LogP contribution in [0.4, 0.5) is 5.69 Å². The number of aliphatic hydroxyl groups excluding tert-OH is 1. The Morgan fingerprint density at radius 1 is 1.15 bits per heavy atom. The number of nitrogens with one attached hydrogen (secondary N) is 5. The Balaban J connectivity index is 1.50. The fraction of sp³-hybridized carbons (Fsp3) is 0.500. The first kappa shape index (κ1) is 20.0. The van der Waals surface area contributed by atoms with Crippen LogP contribution in [0.5, 0.6) is 0 Å². The first-order valence-corrected chi connectivity index (χ1v) is 9.79. The highest BCUT2D eigenvalue weighted by atomic mass is 16.3. The highest BCUT2D eigenvalue weighted by Crippen LogP contribution is 2.19. The van der Waals surface area contributed by atoms with Crippen LogP contribution in [0.1, 0.15) is 26.2 Å². The van der Waals surface area contributed by atoms with Crippen LogP contribution in [-0.2, 0) is 0 Å². The molecule has 7 nitrogen and oxygen atoms in total. The lowest BCUT2D eigenvalue weighted by Crippen LogP contribution is -2.68. The van der Waals surface area contributed by atoms with E-state index in [2.05, 4.69) is 45.6 Å². The van der Waals surface area contributed by atoms with Gasteiger partial charge in [-0.15, -0.1) is 0 Å². The summed E-state index contributed by atoms with van der Waals surface area (Å²) in [5, 5.41) is 29.3. The molecule has 1 aliphatic heterocycles. The molecule has 27 heavy (non-hydrogen) atoms. The number of fused-ring (bicyclic) bond motifs is 1. The smallest absolute Gasteiger partial charge is 0.183 e. The maximum Gasteiger partial charge on any atom is 0.183 e. The molecule has 0 spiro atoms. The Bertz CT molecular complexity index is 712. The number of unbranched alkanes of at least 4 members (excludes halogenated alkanes) is 1. The van der Waals surface area contributed by atoms with Crippen LogP contribution in [0.15, 0.2) is 42.5 Å². The summed E-state index contributed by atoms with van der Waals surface area (Å²) in [5.74, 6) is 0. The Morgan fingerprint density at radius 2 is 1.96 bits per heavy atom. The Morgan fingerprint density at radius 3 is 2.78 bits per heavy atom. The third-order valence-electron chi connectivity index (χ3n) is 4.81. The summed E-state index contributed by atoms with van der Waals surface area (Å²) in [4.78, 5) is 0. The van der Waals surface area contributed by atoms with Crippen LogP contribution in [0, 0.1) is 0 Å². The molecule has 0 bridgehead atoms. The second kappa shape index (κ2) is 9.98. The van der Waals surface area contributed by atoms with Gasteiger partial charge in [0.05, 0.1) is 6.17 Å². The van der Waals surface area contributed by atoms with Gasteiger partial charge in [0.15, 0.2) is 6.35 Å². The summed E-state index contributed by atoms with van der Waals surface area (Å²) < 4.78 is 0. The molecule has 148 valence electrons. The van der Waals surface area contributed by atoms with E-state index in [-0.39, 0.29) is 12.5 Å². The number of aliphatic hydroxyl groups is 1. The standard InChI is InChI=1S/C20H32N6O/c1-14-12-18(22-11-5-4-10-21)25-19(23-14)26-20(27)24-17-9-8-15-6-2-3-7-16(15)13-17/h2-3,6-9,13-14,18-20,22-27H,4-5,10-12,21H2,1H3. The predicted molar refractivity (Wildman–Crippen MR) is 111 cm³/mol. The molecule has 0 amide bonds.